The second-order valence-electron chi connectivity index (χ2n) is 2.66. The third kappa shape index (κ3) is 0.960. The van der Waals surface area contributed by atoms with Crippen LogP contribution in [0.4, 0.5) is 0 Å². The summed E-state index contributed by atoms with van der Waals surface area (Å²) in [6.07, 6.45) is 1.94. The molecule has 2 nitrogen and oxygen atoms in total. The molecule has 12 heavy (non-hydrogen) atoms. The quantitative estimate of drug-likeness (QED) is 0.622. The Morgan fingerprint density at radius 1 is 1.25 bits per heavy atom. The van der Waals surface area contributed by atoms with E-state index in [-0.39, 0.29) is 0 Å². The van der Waals surface area contributed by atoms with Gasteiger partial charge in [0.15, 0.2) is 0 Å². The van der Waals surface area contributed by atoms with Crippen LogP contribution >= 0.6 is 0 Å². The molecule has 1 aromatic carbocycles. The summed E-state index contributed by atoms with van der Waals surface area (Å²) >= 11 is 0. The molecule has 0 saturated heterocycles. The van der Waals surface area contributed by atoms with Crippen LogP contribution in [0.2, 0.25) is 0 Å². The summed E-state index contributed by atoms with van der Waals surface area (Å²) in [4.78, 5) is 0. The van der Waals surface area contributed by atoms with Gasteiger partial charge in [-0.25, -0.2) is 0 Å². The third-order valence-electron chi connectivity index (χ3n) is 1.92. The smallest absolute Gasteiger partial charge is 0.110 e. The lowest BCUT2D eigenvalue weighted by molar-refractivity contribution is 0.874. The summed E-state index contributed by atoms with van der Waals surface area (Å²) in [7, 11) is 0. The molecule has 2 aromatic rings. The van der Waals surface area contributed by atoms with E-state index in [1.807, 2.05) is 41.1 Å². The van der Waals surface area contributed by atoms with Crippen molar-refractivity contribution in [3.05, 3.63) is 36.5 Å². The van der Waals surface area contributed by atoms with Crippen molar-refractivity contribution in [1.82, 2.24) is 4.57 Å². The highest BCUT2D eigenvalue weighted by Crippen LogP contribution is 2.14. The zero-order valence-electron chi connectivity index (χ0n) is 6.57. The average molecular weight is 156 g/mol. The van der Waals surface area contributed by atoms with Gasteiger partial charge in [0.25, 0.3) is 0 Å². The van der Waals surface area contributed by atoms with Gasteiger partial charge in [-0.15, -0.1) is 0 Å². The molecule has 0 aliphatic rings. The highest BCUT2D eigenvalue weighted by Gasteiger charge is 1.96. The summed E-state index contributed by atoms with van der Waals surface area (Å²) in [6.45, 7) is 0.424. The zero-order valence-corrected chi connectivity index (χ0v) is 6.57. The minimum absolute atomic E-state index is 0.424. The van der Waals surface area contributed by atoms with Gasteiger partial charge >= 0.3 is 0 Å². The zero-order chi connectivity index (χ0) is 8.39. The number of aromatic nitrogens is 1. The molecule has 0 saturated carbocycles. The van der Waals surface area contributed by atoms with Gasteiger partial charge in [-0.05, 0) is 17.5 Å². The Morgan fingerprint density at radius 3 is 2.92 bits per heavy atom. The van der Waals surface area contributed by atoms with E-state index in [9.17, 15) is 0 Å². The molecule has 0 radical (unpaired) electrons. The van der Waals surface area contributed by atoms with Gasteiger partial charge in [0.2, 0.25) is 0 Å². The normalized spacial score (nSPS) is 9.92. The lowest BCUT2D eigenvalue weighted by Crippen LogP contribution is -1.91. The van der Waals surface area contributed by atoms with Crippen LogP contribution in [0.15, 0.2) is 36.5 Å². The van der Waals surface area contributed by atoms with Crippen LogP contribution in [0, 0.1) is 11.3 Å². The number of nitriles is 1. The molecule has 2 heteroatoms. The van der Waals surface area contributed by atoms with Gasteiger partial charge in [-0.1, -0.05) is 18.2 Å². The molecule has 0 fully saturated rings. The fourth-order valence-corrected chi connectivity index (χ4v) is 1.35. The predicted molar refractivity (Wildman–Crippen MR) is 47.6 cm³/mol. The van der Waals surface area contributed by atoms with E-state index in [2.05, 4.69) is 6.07 Å². The summed E-state index contributed by atoms with van der Waals surface area (Å²) in [5.74, 6) is 0. The third-order valence-corrected chi connectivity index (χ3v) is 1.92. The van der Waals surface area contributed by atoms with Crippen molar-refractivity contribution in [1.29, 1.82) is 5.26 Å². The molecule has 0 spiro atoms. The van der Waals surface area contributed by atoms with Crippen molar-refractivity contribution in [2.45, 2.75) is 6.54 Å². The van der Waals surface area contributed by atoms with Crippen molar-refractivity contribution in [3.8, 4) is 6.07 Å². The van der Waals surface area contributed by atoms with Gasteiger partial charge < -0.3 is 4.57 Å². The lowest BCUT2D eigenvalue weighted by atomic mass is 10.2. The Morgan fingerprint density at radius 2 is 2.08 bits per heavy atom. The highest BCUT2D eigenvalue weighted by atomic mass is 14.9. The number of hydrogen-bond acceptors (Lipinski definition) is 1. The molecule has 2 rings (SSSR count). The van der Waals surface area contributed by atoms with Crippen molar-refractivity contribution < 1.29 is 0 Å². The lowest BCUT2D eigenvalue weighted by Gasteiger charge is -1.96. The second-order valence-corrected chi connectivity index (χ2v) is 2.66. The predicted octanol–water partition coefficient (Wildman–Crippen LogP) is 2.16. The van der Waals surface area contributed by atoms with E-state index in [1.165, 1.54) is 5.39 Å². The Kier molecular flexibility index (Phi) is 1.56. The van der Waals surface area contributed by atoms with E-state index in [4.69, 9.17) is 5.26 Å². The molecule has 0 amide bonds. The van der Waals surface area contributed by atoms with Gasteiger partial charge in [-0.3, -0.25) is 0 Å². The van der Waals surface area contributed by atoms with Gasteiger partial charge in [0.1, 0.15) is 6.54 Å². The Bertz CT molecular complexity index is 434. The van der Waals surface area contributed by atoms with E-state index in [0.717, 1.165) is 5.52 Å². The van der Waals surface area contributed by atoms with Crippen LogP contribution in [0.1, 0.15) is 0 Å². The number of rotatable bonds is 1. The number of para-hydroxylation sites is 1. The maximum atomic E-state index is 8.53. The monoisotopic (exact) mass is 156 g/mol. The van der Waals surface area contributed by atoms with Crippen LogP contribution in [0.25, 0.3) is 10.9 Å². The van der Waals surface area contributed by atoms with Crippen molar-refractivity contribution >= 4 is 10.9 Å². The first kappa shape index (κ1) is 6.93. The highest BCUT2D eigenvalue weighted by molar-refractivity contribution is 5.79. The molecule has 0 aliphatic heterocycles. The molecule has 1 heterocycles. The first-order valence-electron chi connectivity index (χ1n) is 3.82. The van der Waals surface area contributed by atoms with E-state index in [1.54, 1.807) is 0 Å². The first-order valence-corrected chi connectivity index (χ1v) is 3.82. The molecule has 0 unspecified atom stereocenters. The standard InChI is InChI=1S/C10H8N2/c11-6-8-12-7-5-9-3-1-2-4-10(9)12/h1-5,7H,8H2. The van der Waals surface area contributed by atoms with Crippen molar-refractivity contribution in [2.24, 2.45) is 0 Å². The molecular formula is C10H8N2. The molecule has 0 aliphatic carbocycles. The second kappa shape index (κ2) is 2.71. The fraction of sp³-hybridized carbons (Fsp3) is 0.100. The molecule has 0 bridgehead atoms. The maximum Gasteiger partial charge on any atom is 0.110 e. The van der Waals surface area contributed by atoms with Gasteiger partial charge in [0.05, 0.1) is 6.07 Å². The minimum atomic E-state index is 0.424. The summed E-state index contributed by atoms with van der Waals surface area (Å²) in [5.41, 5.74) is 1.12. The van der Waals surface area contributed by atoms with Gasteiger partial charge in [-0.2, -0.15) is 5.26 Å². The molecule has 0 N–H and O–H groups in total. The van der Waals surface area contributed by atoms with Crippen LogP contribution < -0.4 is 0 Å². The SMILES string of the molecule is N#CCn1ccc2ccccc21. The van der Waals surface area contributed by atoms with Crippen molar-refractivity contribution in [3.63, 3.8) is 0 Å². The van der Waals surface area contributed by atoms with E-state index >= 15 is 0 Å². The van der Waals surface area contributed by atoms with Crippen LogP contribution in [-0.4, -0.2) is 4.57 Å². The molecule has 0 atom stereocenters. The number of fused-ring (bicyclic) bond motifs is 1. The van der Waals surface area contributed by atoms with E-state index in [0.29, 0.717) is 6.54 Å². The molecule has 58 valence electrons. The van der Waals surface area contributed by atoms with Crippen molar-refractivity contribution in [2.75, 3.05) is 0 Å². The van der Waals surface area contributed by atoms with Crippen LogP contribution in [0.3, 0.4) is 0 Å². The number of nitrogens with zero attached hydrogens (tertiary/aromatic N) is 2. The Labute approximate surface area is 70.7 Å². The van der Waals surface area contributed by atoms with Crippen LogP contribution in [-0.2, 0) is 6.54 Å². The number of hydrogen-bond donors (Lipinski definition) is 0. The summed E-state index contributed by atoms with van der Waals surface area (Å²) in [6, 6.07) is 12.2. The molecule has 1 aromatic heterocycles. The topological polar surface area (TPSA) is 28.7 Å². The maximum absolute atomic E-state index is 8.53. The Balaban J connectivity index is 2.64. The fourth-order valence-electron chi connectivity index (χ4n) is 1.35. The van der Waals surface area contributed by atoms with Crippen LogP contribution in [0.5, 0.6) is 0 Å². The van der Waals surface area contributed by atoms with Gasteiger partial charge in [0, 0.05) is 11.7 Å². The summed E-state index contributed by atoms with van der Waals surface area (Å²) in [5, 5.41) is 9.71. The molecular weight excluding hydrogens is 148 g/mol. The Hall–Kier alpha value is -1.75. The largest absolute Gasteiger partial charge is 0.334 e. The first-order chi connectivity index (χ1) is 5.92. The summed E-state index contributed by atoms with van der Waals surface area (Å²) < 4.78 is 1.94. The number of benzene rings is 1. The minimum Gasteiger partial charge on any atom is -0.334 e. The van der Waals surface area contributed by atoms with E-state index < -0.39 is 0 Å². The average Bonchev–Trinajstić information content (AvgIpc) is 2.50.